The highest BCUT2D eigenvalue weighted by Gasteiger charge is 2.15. The summed E-state index contributed by atoms with van der Waals surface area (Å²) >= 11 is 0. The van der Waals surface area contributed by atoms with E-state index in [2.05, 4.69) is 21.4 Å². The summed E-state index contributed by atoms with van der Waals surface area (Å²) in [4.78, 5) is 31.2. The molecule has 0 bridgehead atoms. The third-order valence-corrected chi connectivity index (χ3v) is 6.22. The van der Waals surface area contributed by atoms with Crippen LogP contribution in [0.2, 0.25) is 0 Å². The van der Waals surface area contributed by atoms with E-state index in [0.717, 1.165) is 34.0 Å². The summed E-state index contributed by atoms with van der Waals surface area (Å²) < 4.78 is 1.29. The van der Waals surface area contributed by atoms with Gasteiger partial charge in [0.1, 0.15) is 0 Å². The summed E-state index contributed by atoms with van der Waals surface area (Å²) in [7, 11) is 0. The van der Waals surface area contributed by atoms with Crippen molar-refractivity contribution in [2.75, 3.05) is 11.9 Å². The molecule has 8 nitrogen and oxygen atoms in total. The second-order valence-electron chi connectivity index (χ2n) is 8.75. The van der Waals surface area contributed by atoms with Gasteiger partial charge in [0, 0.05) is 34.8 Å². The van der Waals surface area contributed by atoms with Crippen molar-refractivity contribution in [2.24, 2.45) is 5.73 Å². The van der Waals surface area contributed by atoms with Gasteiger partial charge in [-0.3, -0.25) is 9.36 Å². The van der Waals surface area contributed by atoms with Crippen molar-refractivity contribution in [3.05, 3.63) is 117 Å². The number of carbonyl (C=O) groups is 1. The molecule has 6 N–H and O–H groups in total. The van der Waals surface area contributed by atoms with Gasteiger partial charge in [-0.2, -0.15) is 0 Å². The largest absolute Gasteiger partial charge is 0.493 e. The molecule has 0 atom stereocenters. The molecule has 0 spiro atoms. The molecular formula is C28H27N5O3. The van der Waals surface area contributed by atoms with Crippen molar-refractivity contribution in [1.29, 1.82) is 0 Å². The zero-order chi connectivity index (χ0) is 25.1. The molecule has 0 aliphatic heterocycles. The molecule has 5 rings (SSSR count). The van der Waals surface area contributed by atoms with Crippen molar-refractivity contribution < 1.29 is 9.90 Å². The lowest BCUT2D eigenvalue weighted by Gasteiger charge is -2.09. The molecule has 2 aromatic heterocycles. The summed E-state index contributed by atoms with van der Waals surface area (Å²) in [6.07, 6.45) is 3.12. The first-order chi connectivity index (χ1) is 17.5. The van der Waals surface area contributed by atoms with Gasteiger partial charge in [-0.25, -0.2) is 4.79 Å². The minimum atomic E-state index is -0.396. The monoisotopic (exact) mass is 481 g/mol. The smallest absolute Gasteiger partial charge is 0.328 e. The van der Waals surface area contributed by atoms with Crippen LogP contribution in [-0.2, 0) is 19.4 Å². The maximum atomic E-state index is 12.7. The van der Waals surface area contributed by atoms with Crippen molar-refractivity contribution in [3.63, 3.8) is 0 Å². The molecule has 1 amide bonds. The van der Waals surface area contributed by atoms with Crippen LogP contribution in [0.3, 0.4) is 0 Å². The minimum absolute atomic E-state index is 0.102. The highest BCUT2D eigenvalue weighted by atomic mass is 16.3. The van der Waals surface area contributed by atoms with Gasteiger partial charge < -0.3 is 26.1 Å². The Kier molecular flexibility index (Phi) is 6.42. The van der Waals surface area contributed by atoms with Crippen LogP contribution in [0.1, 0.15) is 32.7 Å². The Morgan fingerprint density at radius 1 is 1.00 bits per heavy atom. The molecular weight excluding hydrogens is 454 g/mol. The van der Waals surface area contributed by atoms with Gasteiger partial charge >= 0.3 is 5.69 Å². The number of aromatic nitrogens is 3. The first kappa shape index (κ1) is 23.2. The third-order valence-electron chi connectivity index (χ3n) is 6.22. The van der Waals surface area contributed by atoms with Crippen LogP contribution >= 0.6 is 0 Å². The topological polar surface area (TPSA) is 129 Å². The zero-order valence-electron chi connectivity index (χ0n) is 19.6. The fourth-order valence-corrected chi connectivity index (χ4v) is 4.41. The van der Waals surface area contributed by atoms with Gasteiger partial charge in [0.05, 0.1) is 12.2 Å². The van der Waals surface area contributed by atoms with Crippen LogP contribution in [0.15, 0.2) is 83.8 Å². The normalized spacial score (nSPS) is 11.1. The number of anilines is 1. The van der Waals surface area contributed by atoms with Crippen LogP contribution in [0, 0.1) is 0 Å². The first-order valence-corrected chi connectivity index (χ1v) is 11.8. The molecule has 3 aromatic carbocycles. The number of carbonyl (C=O) groups excluding carboxylic acids is 1. The van der Waals surface area contributed by atoms with Gasteiger partial charge in [0.2, 0.25) is 5.88 Å². The van der Waals surface area contributed by atoms with Crippen molar-refractivity contribution in [1.82, 2.24) is 14.5 Å². The van der Waals surface area contributed by atoms with Gasteiger partial charge in [-0.05, 0) is 66.1 Å². The average Bonchev–Trinajstić information content (AvgIpc) is 3.40. The zero-order valence-corrected chi connectivity index (χ0v) is 19.6. The number of aromatic amines is 2. The highest BCUT2D eigenvalue weighted by molar-refractivity contribution is 6.04. The predicted octanol–water partition coefficient (Wildman–Crippen LogP) is 3.76. The number of hydrogen-bond donors (Lipinski definition) is 5. The van der Waals surface area contributed by atoms with Crippen molar-refractivity contribution in [2.45, 2.75) is 19.4 Å². The molecule has 0 aliphatic carbocycles. The first-order valence-electron chi connectivity index (χ1n) is 11.8. The standard InChI is InChI=1S/C28H27N5O3/c29-12-11-21-16-30-24-10-9-18(14-23(21)24)15-25-27(35)33(28(36)32-25)17-19-5-4-8-22(13-19)31-26(34)20-6-2-1-3-7-20/h1-10,13-14,16,30,35H,11-12,15,17,29H2,(H,31,34)(H,32,36). The van der Waals surface area contributed by atoms with Gasteiger partial charge in [-0.15, -0.1) is 0 Å². The number of H-pyrrole nitrogens is 2. The lowest BCUT2D eigenvalue weighted by atomic mass is 10.0. The molecule has 36 heavy (non-hydrogen) atoms. The van der Waals surface area contributed by atoms with Crippen LogP contribution in [0.25, 0.3) is 10.9 Å². The van der Waals surface area contributed by atoms with E-state index < -0.39 is 5.69 Å². The molecule has 0 saturated carbocycles. The average molecular weight is 482 g/mol. The molecule has 8 heteroatoms. The number of fused-ring (bicyclic) bond motifs is 1. The second kappa shape index (κ2) is 9.97. The number of hydrogen-bond acceptors (Lipinski definition) is 4. The Morgan fingerprint density at radius 3 is 2.64 bits per heavy atom. The molecule has 0 aliphatic rings. The fourth-order valence-electron chi connectivity index (χ4n) is 4.41. The van der Waals surface area contributed by atoms with Gasteiger partial charge in [-0.1, -0.05) is 36.4 Å². The predicted molar refractivity (Wildman–Crippen MR) is 141 cm³/mol. The van der Waals surface area contributed by atoms with E-state index in [0.29, 0.717) is 29.9 Å². The summed E-state index contributed by atoms with van der Waals surface area (Å²) in [6.45, 7) is 0.721. The fraction of sp³-hybridized carbons (Fsp3) is 0.143. The SMILES string of the molecule is NCCc1c[nH]c2ccc(Cc3[nH]c(=O)n(Cc4cccc(NC(=O)c5ccccc5)c4)c3O)cc12. The molecule has 0 saturated heterocycles. The minimum Gasteiger partial charge on any atom is -0.493 e. The molecule has 0 unspecified atom stereocenters. The number of amides is 1. The molecule has 0 fully saturated rings. The number of aromatic hydroxyl groups is 1. The molecule has 182 valence electrons. The maximum Gasteiger partial charge on any atom is 0.328 e. The van der Waals surface area contributed by atoms with E-state index in [9.17, 15) is 14.7 Å². The second-order valence-corrected chi connectivity index (χ2v) is 8.75. The van der Waals surface area contributed by atoms with Crippen LogP contribution < -0.4 is 16.7 Å². The van der Waals surface area contributed by atoms with Crippen molar-refractivity contribution >= 4 is 22.5 Å². The summed E-state index contributed by atoms with van der Waals surface area (Å²) in [5, 5.41) is 14.8. The number of nitrogens with two attached hydrogens (primary N) is 1. The highest BCUT2D eigenvalue weighted by Crippen LogP contribution is 2.24. The maximum absolute atomic E-state index is 12.7. The van der Waals surface area contributed by atoms with E-state index in [1.54, 1.807) is 42.5 Å². The Balaban J connectivity index is 1.34. The quantitative estimate of drug-likeness (QED) is 0.231. The Labute approximate surface area is 207 Å². The van der Waals surface area contributed by atoms with Crippen LogP contribution in [0.5, 0.6) is 5.88 Å². The van der Waals surface area contributed by atoms with Crippen LogP contribution in [-0.4, -0.2) is 32.1 Å². The molecule has 2 heterocycles. The lowest BCUT2D eigenvalue weighted by Crippen LogP contribution is -2.17. The number of imidazole rings is 1. The van der Waals surface area contributed by atoms with E-state index in [1.807, 2.05) is 30.5 Å². The number of benzene rings is 3. The van der Waals surface area contributed by atoms with E-state index in [1.165, 1.54) is 4.57 Å². The summed E-state index contributed by atoms with van der Waals surface area (Å²) in [5.74, 6) is -0.319. The lowest BCUT2D eigenvalue weighted by molar-refractivity contribution is 0.102. The Hall–Kier alpha value is -4.56. The van der Waals surface area contributed by atoms with E-state index >= 15 is 0 Å². The van der Waals surface area contributed by atoms with E-state index in [4.69, 9.17) is 5.73 Å². The number of nitrogens with one attached hydrogen (secondary N) is 3. The Morgan fingerprint density at radius 2 is 1.83 bits per heavy atom. The summed E-state index contributed by atoms with van der Waals surface area (Å²) in [5.41, 5.74) is 10.8. The van der Waals surface area contributed by atoms with E-state index in [-0.39, 0.29) is 18.3 Å². The molecule has 5 aromatic rings. The third kappa shape index (κ3) is 4.80. The summed E-state index contributed by atoms with van der Waals surface area (Å²) in [6, 6.07) is 22.2. The van der Waals surface area contributed by atoms with Crippen LogP contribution in [0.4, 0.5) is 5.69 Å². The Bertz CT molecular complexity index is 1580. The number of nitrogens with zero attached hydrogens (tertiary/aromatic N) is 1. The van der Waals surface area contributed by atoms with Gasteiger partial charge in [0.15, 0.2) is 0 Å². The van der Waals surface area contributed by atoms with Gasteiger partial charge in [0.25, 0.3) is 5.91 Å². The van der Waals surface area contributed by atoms with Crippen molar-refractivity contribution in [3.8, 4) is 5.88 Å². The molecule has 0 radical (unpaired) electrons. The number of rotatable bonds is 8.